The normalized spacial score (nSPS) is 14.3. The molecule has 10 heteroatoms. The smallest absolute Gasteiger partial charge is 0.387 e. The maximum absolute atomic E-state index is 12.3. The van der Waals surface area contributed by atoms with E-state index in [4.69, 9.17) is 9.47 Å². The summed E-state index contributed by atoms with van der Waals surface area (Å²) in [5.41, 5.74) is -0.0365. The molecule has 2 rings (SSSR count). The van der Waals surface area contributed by atoms with E-state index in [0.29, 0.717) is 0 Å². The highest BCUT2D eigenvalue weighted by Gasteiger charge is 2.26. The molecule has 1 aromatic carbocycles. The highest BCUT2D eigenvalue weighted by Crippen LogP contribution is 2.29. The van der Waals surface area contributed by atoms with Gasteiger partial charge < -0.3 is 19.5 Å². The van der Waals surface area contributed by atoms with E-state index in [0.717, 1.165) is 25.0 Å². The standard InChI is InChI=1S/C16H18F2N2O6/c1-8(13(21)20-16(23)19-10-4-5-10)25-14(22)9-3-6-11(26-15(17)18)12(7-9)24-2/h3,6-8,10,15H,4-5H2,1-2H3,(H2,19,20,21,23). The van der Waals surface area contributed by atoms with Crippen LogP contribution in [0.4, 0.5) is 13.6 Å². The minimum atomic E-state index is -3.05. The fourth-order valence-corrected chi connectivity index (χ4v) is 1.93. The van der Waals surface area contributed by atoms with Gasteiger partial charge in [0.1, 0.15) is 0 Å². The molecule has 8 nitrogen and oxygen atoms in total. The van der Waals surface area contributed by atoms with Crippen molar-refractivity contribution < 1.29 is 37.4 Å². The molecular formula is C16H18F2N2O6. The second kappa shape index (κ2) is 8.45. The molecule has 1 saturated carbocycles. The molecular weight excluding hydrogens is 354 g/mol. The molecule has 0 heterocycles. The Bertz CT molecular complexity index is 693. The first-order valence-corrected chi connectivity index (χ1v) is 7.75. The second-order valence-electron chi connectivity index (χ2n) is 5.53. The first-order valence-electron chi connectivity index (χ1n) is 7.75. The Morgan fingerprint density at radius 2 is 1.88 bits per heavy atom. The lowest BCUT2D eigenvalue weighted by molar-refractivity contribution is -0.127. The summed E-state index contributed by atoms with van der Waals surface area (Å²) < 4.78 is 38.7. The van der Waals surface area contributed by atoms with Crippen molar-refractivity contribution in [3.63, 3.8) is 0 Å². The van der Waals surface area contributed by atoms with Crippen LogP contribution in [0, 0.1) is 0 Å². The Kier molecular flexibility index (Phi) is 6.31. The quantitative estimate of drug-likeness (QED) is 0.708. The van der Waals surface area contributed by atoms with E-state index < -0.39 is 30.6 Å². The SMILES string of the molecule is COc1cc(C(=O)OC(C)C(=O)NC(=O)NC2CC2)ccc1OC(F)F. The van der Waals surface area contributed by atoms with Gasteiger partial charge in [-0.3, -0.25) is 10.1 Å². The molecule has 1 aliphatic rings. The number of nitrogens with one attached hydrogen (secondary N) is 2. The summed E-state index contributed by atoms with van der Waals surface area (Å²) in [6.07, 6.45) is 0.480. The van der Waals surface area contributed by atoms with Crippen LogP contribution >= 0.6 is 0 Å². The Morgan fingerprint density at radius 3 is 2.46 bits per heavy atom. The molecule has 1 fully saturated rings. The number of rotatable bonds is 7. The molecule has 3 amide bonds. The third-order valence-electron chi connectivity index (χ3n) is 3.42. The van der Waals surface area contributed by atoms with Gasteiger partial charge in [-0.2, -0.15) is 8.78 Å². The number of amides is 3. The Balaban J connectivity index is 1.94. The van der Waals surface area contributed by atoms with Gasteiger partial charge in [0.2, 0.25) is 0 Å². The number of benzene rings is 1. The van der Waals surface area contributed by atoms with E-state index in [9.17, 15) is 23.2 Å². The molecule has 2 N–H and O–H groups in total. The molecule has 0 radical (unpaired) electrons. The van der Waals surface area contributed by atoms with Gasteiger partial charge in [0, 0.05) is 6.04 Å². The van der Waals surface area contributed by atoms with Gasteiger partial charge in [-0.15, -0.1) is 0 Å². The first kappa shape index (κ1) is 19.4. The Labute approximate surface area is 147 Å². The second-order valence-corrected chi connectivity index (χ2v) is 5.53. The molecule has 0 saturated heterocycles. The van der Waals surface area contributed by atoms with Crippen molar-refractivity contribution in [2.75, 3.05) is 7.11 Å². The maximum Gasteiger partial charge on any atom is 0.387 e. The minimum Gasteiger partial charge on any atom is -0.493 e. The molecule has 0 aromatic heterocycles. The Morgan fingerprint density at radius 1 is 1.19 bits per heavy atom. The zero-order chi connectivity index (χ0) is 19.3. The van der Waals surface area contributed by atoms with E-state index in [1.165, 1.54) is 20.1 Å². The van der Waals surface area contributed by atoms with Crippen LogP contribution in [0.5, 0.6) is 11.5 Å². The number of carbonyl (C=O) groups is 3. The number of esters is 1. The lowest BCUT2D eigenvalue weighted by atomic mass is 10.2. The highest BCUT2D eigenvalue weighted by atomic mass is 19.3. The number of hydrogen-bond donors (Lipinski definition) is 2. The number of alkyl halides is 2. The summed E-state index contributed by atoms with van der Waals surface area (Å²) in [5.74, 6) is -2.03. The first-order chi connectivity index (χ1) is 12.3. The number of imide groups is 1. The van der Waals surface area contributed by atoms with Crippen LogP contribution in [0.3, 0.4) is 0 Å². The minimum absolute atomic E-state index is 0.0365. The van der Waals surface area contributed by atoms with Crippen molar-refractivity contribution >= 4 is 17.9 Å². The average Bonchev–Trinajstić information content (AvgIpc) is 3.38. The molecule has 0 aliphatic heterocycles. The molecule has 142 valence electrons. The van der Waals surface area contributed by atoms with E-state index >= 15 is 0 Å². The lowest BCUT2D eigenvalue weighted by Crippen LogP contribution is -2.45. The number of carbonyl (C=O) groups excluding carboxylic acids is 3. The van der Waals surface area contributed by atoms with E-state index in [1.807, 2.05) is 0 Å². The van der Waals surface area contributed by atoms with Crippen molar-refractivity contribution in [2.24, 2.45) is 0 Å². The van der Waals surface area contributed by atoms with Crippen molar-refractivity contribution in [2.45, 2.75) is 38.5 Å². The molecule has 0 spiro atoms. The predicted octanol–water partition coefficient (Wildman–Crippen LogP) is 1.83. The molecule has 1 unspecified atom stereocenters. The van der Waals surface area contributed by atoms with E-state index in [2.05, 4.69) is 15.4 Å². The summed E-state index contributed by atoms with van der Waals surface area (Å²) in [4.78, 5) is 35.4. The fraction of sp³-hybridized carbons (Fsp3) is 0.438. The third-order valence-corrected chi connectivity index (χ3v) is 3.42. The third kappa shape index (κ3) is 5.57. The van der Waals surface area contributed by atoms with Crippen LogP contribution in [0.1, 0.15) is 30.1 Å². The van der Waals surface area contributed by atoms with Crippen LogP contribution in [-0.4, -0.2) is 43.8 Å². The average molecular weight is 372 g/mol. The summed E-state index contributed by atoms with van der Waals surface area (Å²) in [6, 6.07) is 2.87. The van der Waals surface area contributed by atoms with Crippen molar-refractivity contribution in [1.82, 2.24) is 10.6 Å². The summed E-state index contributed by atoms with van der Waals surface area (Å²) in [6.45, 7) is -1.75. The van der Waals surface area contributed by atoms with E-state index in [1.54, 1.807) is 0 Å². The van der Waals surface area contributed by atoms with Gasteiger partial charge in [0.25, 0.3) is 5.91 Å². The number of urea groups is 1. The number of hydrogen-bond acceptors (Lipinski definition) is 6. The summed E-state index contributed by atoms with van der Waals surface area (Å²) in [5, 5.41) is 4.63. The monoisotopic (exact) mass is 372 g/mol. The fourth-order valence-electron chi connectivity index (χ4n) is 1.93. The van der Waals surface area contributed by atoms with Crippen LogP contribution in [0.25, 0.3) is 0 Å². The zero-order valence-corrected chi connectivity index (χ0v) is 14.1. The van der Waals surface area contributed by atoms with Gasteiger partial charge in [-0.05, 0) is 38.0 Å². The number of ether oxygens (including phenoxy) is 3. The van der Waals surface area contributed by atoms with Crippen molar-refractivity contribution in [3.05, 3.63) is 23.8 Å². The topological polar surface area (TPSA) is 103 Å². The van der Waals surface area contributed by atoms with Crippen LogP contribution in [0.2, 0.25) is 0 Å². The van der Waals surface area contributed by atoms with E-state index in [-0.39, 0.29) is 23.1 Å². The number of methoxy groups -OCH3 is 1. The maximum atomic E-state index is 12.3. The van der Waals surface area contributed by atoms with Crippen LogP contribution in [0.15, 0.2) is 18.2 Å². The van der Waals surface area contributed by atoms with Gasteiger partial charge in [-0.1, -0.05) is 0 Å². The van der Waals surface area contributed by atoms with Crippen molar-refractivity contribution in [3.8, 4) is 11.5 Å². The molecule has 1 aromatic rings. The highest BCUT2D eigenvalue weighted by molar-refractivity contribution is 5.98. The Hall–Kier alpha value is -2.91. The zero-order valence-electron chi connectivity index (χ0n) is 14.1. The molecule has 1 atom stereocenters. The number of halogens is 2. The molecule has 0 bridgehead atoms. The predicted molar refractivity (Wildman–Crippen MR) is 84.2 cm³/mol. The lowest BCUT2D eigenvalue weighted by Gasteiger charge is -2.14. The molecule has 26 heavy (non-hydrogen) atoms. The largest absolute Gasteiger partial charge is 0.493 e. The molecule has 1 aliphatic carbocycles. The van der Waals surface area contributed by atoms with Gasteiger partial charge in [0.05, 0.1) is 12.7 Å². The van der Waals surface area contributed by atoms with Gasteiger partial charge in [0.15, 0.2) is 17.6 Å². The van der Waals surface area contributed by atoms with Crippen LogP contribution in [-0.2, 0) is 9.53 Å². The van der Waals surface area contributed by atoms with Gasteiger partial charge in [-0.25, -0.2) is 9.59 Å². The van der Waals surface area contributed by atoms with Gasteiger partial charge >= 0.3 is 18.6 Å². The van der Waals surface area contributed by atoms with Crippen molar-refractivity contribution in [1.29, 1.82) is 0 Å². The van der Waals surface area contributed by atoms with Crippen LogP contribution < -0.4 is 20.1 Å². The summed E-state index contributed by atoms with van der Waals surface area (Å²) in [7, 11) is 1.22. The summed E-state index contributed by atoms with van der Waals surface area (Å²) >= 11 is 0.